The van der Waals surface area contributed by atoms with E-state index in [0.29, 0.717) is 6.54 Å². The third-order valence-corrected chi connectivity index (χ3v) is 4.93. The number of amides is 3. The highest BCUT2D eigenvalue weighted by molar-refractivity contribution is 6.16. The summed E-state index contributed by atoms with van der Waals surface area (Å²) in [4.78, 5) is 27.4. The van der Waals surface area contributed by atoms with Gasteiger partial charge in [0.05, 0.1) is 6.54 Å². The lowest BCUT2D eigenvalue weighted by Crippen LogP contribution is -2.58. The molecule has 1 saturated carbocycles. The van der Waals surface area contributed by atoms with E-state index in [-0.39, 0.29) is 23.9 Å². The molecule has 4 heteroatoms. The van der Waals surface area contributed by atoms with Gasteiger partial charge >= 0.3 is 11.9 Å². The number of carbonyl (C=O) groups excluding carboxylic acids is 2. The van der Waals surface area contributed by atoms with Crippen molar-refractivity contribution in [3.63, 3.8) is 0 Å². The summed E-state index contributed by atoms with van der Waals surface area (Å²) in [6.45, 7) is 2.83. The molecule has 0 aromatic carbocycles. The number of imide groups is 1. The summed E-state index contributed by atoms with van der Waals surface area (Å²) < 4.78 is 1.84. The van der Waals surface area contributed by atoms with Gasteiger partial charge in [-0.15, -0.1) is 0 Å². The Morgan fingerprint density at radius 3 is 2.68 bits per heavy atom. The van der Waals surface area contributed by atoms with Gasteiger partial charge in [0.2, 0.25) is 0 Å². The number of unbranched alkanes of at least 4 members (excludes halogenated alkanes) is 1. The summed E-state index contributed by atoms with van der Waals surface area (Å²) in [6, 6.07) is -0.00437. The third-order valence-electron chi connectivity index (χ3n) is 4.93. The normalized spacial score (nSPS) is 25.9. The first-order chi connectivity index (χ1) is 10.7. The molecule has 0 radical (unpaired) electrons. The molecule has 22 heavy (non-hydrogen) atoms. The fourth-order valence-corrected chi connectivity index (χ4v) is 3.70. The Labute approximate surface area is 132 Å². The van der Waals surface area contributed by atoms with Crippen molar-refractivity contribution in [2.75, 3.05) is 6.54 Å². The number of hydrogen-bond acceptors (Lipinski definition) is 2. The lowest BCUT2D eigenvalue weighted by molar-refractivity contribution is -0.441. The molecule has 3 aliphatic rings. The van der Waals surface area contributed by atoms with Gasteiger partial charge in [0.25, 0.3) is 0 Å². The number of rotatable bonds is 4. The Morgan fingerprint density at radius 1 is 1.18 bits per heavy atom. The van der Waals surface area contributed by atoms with Crippen molar-refractivity contribution in [1.29, 1.82) is 0 Å². The summed E-state index contributed by atoms with van der Waals surface area (Å²) >= 11 is 0. The number of carbonyl (C=O) groups is 2. The van der Waals surface area contributed by atoms with Crippen molar-refractivity contribution in [1.82, 2.24) is 4.90 Å². The Morgan fingerprint density at radius 2 is 1.95 bits per heavy atom. The maximum Gasteiger partial charge on any atom is 0.501 e. The van der Waals surface area contributed by atoms with Gasteiger partial charge in [-0.25, -0.2) is 4.79 Å². The van der Waals surface area contributed by atoms with Gasteiger partial charge in [-0.3, -0.25) is 0 Å². The highest BCUT2D eigenvalue weighted by Crippen LogP contribution is 2.28. The molecule has 0 bridgehead atoms. The minimum atomic E-state index is -0.276. The Hall–Kier alpha value is -1.71. The van der Waals surface area contributed by atoms with E-state index in [9.17, 15) is 9.59 Å². The van der Waals surface area contributed by atoms with Crippen LogP contribution in [0.1, 0.15) is 51.9 Å². The molecule has 2 aliphatic carbocycles. The maximum atomic E-state index is 12.9. The van der Waals surface area contributed by atoms with Crippen molar-refractivity contribution in [2.45, 2.75) is 57.9 Å². The van der Waals surface area contributed by atoms with Gasteiger partial charge < -0.3 is 0 Å². The number of nitrogens with zero attached hydrogens (tertiary/aromatic N) is 2. The molecule has 1 heterocycles. The fraction of sp³-hybridized carbons (Fsp3) is 0.611. The first-order valence-electron chi connectivity index (χ1n) is 8.60. The zero-order valence-electron chi connectivity index (χ0n) is 13.3. The number of hydrogen-bond donors (Lipinski definition) is 0. The number of urea groups is 1. The van der Waals surface area contributed by atoms with Crippen LogP contribution >= 0.6 is 0 Å². The van der Waals surface area contributed by atoms with Crippen molar-refractivity contribution in [3.05, 3.63) is 24.3 Å². The van der Waals surface area contributed by atoms with E-state index in [1.807, 2.05) is 28.9 Å². The van der Waals surface area contributed by atoms with Crippen molar-refractivity contribution >= 4 is 17.6 Å². The average molecular weight is 301 g/mol. The van der Waals surface area contributed by atoms with Crippen molar-refractivity contribution in [3.8, 4) is 0 Å². The number of fused-ring (bicyclic) bond motifs is 1. The smallest absolute Gasteiger partial charge is 0.245 e. The van der Waals surface area contributed by atoms with Gasteiger partial charge in [-0.05, 0) is 38.2 Å². The average Bonchev–Trinajstić information content (AvgIpc) is 2.56. The summed E-state index contributed by atoms with van der Waals surface area (Å²) in [6.07, 6.45) is 15.1. The highest BCUT2D eigenvalue weighted by Gasteiger charge is 2.49. The predicted molar refractivity (Wildman–Crippen MR) is 85.9 cm³/mol. The quantitative estimate of drug-likeness (QED) is 0.748. The van der Waals surface area contributed by atoms with Crippen LogP contribution in [0.5, 0.6) is 0 Å². The molecule has 118 valence electrons. The van der Waals surface area contributed by atoms with E-state index in [0.717, 1.165) is 44.2 Å². The van der Waals surface area contributed by atoms with E-state index >= 15 is 0 Å². The fourth-order valence-electron chi connectivity index (χ4n) is 3.70. The maximum absolute atomic E-state index is 12.9. The molecule has 1 aliphatic heterocycles. The van der Waals surface area contributed by atoms with Crippen LogP contribution in [0.3, 0.4) is 0 Å². The first-order valence-corrected chi connectivity index (χ1v) is 8.60. The van der Waals surface area contributed by atoms with Crippen LogP contribution in [0.15, 0.2) is 24.3 Å². The van der Waals surface area contributed by atoms with Crippen LogP contribution in [-0.4, -0.2) is 39.7 Å². The molecule has 1 fully saturated rings. The molecule has 0 N–H and O–H groups in total. The Kier molecular flexibility index (Phi) is 4.55. The van der Waals surface area contributed by atoms with Crippen molar-refractivity contribution in [2.24, 2.45) is 5.92 Å². The van der Waals surface area contributed by atoms with Crippen LogP contribution in [0, 0.1) is 5.92 Å². The van der Waals surface area contributed by atoms with E-state index in [1.54, 1.807) is 4.90 Å². The third kappa shape index (κ3) is 2.67. The topological polar surface area (TPSA) is 40.4 Å². The second-order valence-electron chi connectivity index (χ2n) is 6.43. The standard InChI is InChI=1S/C18H25N2O2/c1-2-3-13-19-16-12-8-7-11-15(16)17(21)20(18(19)22)14-9-5-4-6-10-14/h7-8,11-12,14-15H,2-6,9-10,13H2,1H3/q+1. The lowest BCUT2D eigenvalue weighted by atomic mass is 9.90. The molecule has 1 atom stereocenters. The second kappa shape index (κ2) is 6.59. The van der Waals surface area contributed by atoms with Gasteiger partial charge in [0.1, 0.15) is 17.7 Å². The summed E-state index contributed by atoms with van der Waals surface area (Å²) in [5.74, 6) is -0.304. The van der Waals surface area contributed by atoms with E-state index < -0.39 is 0 Å². The van der Waals surface area contributed by atoms with Gasteiger partial charge in [-0.2, -0.15) is 14.3 Å². The molecule has 3 amide bonds. The zero-order chi connectivity index (χ0) is 15.5. The molecule has 0 aromatic heterocycles. The lowest BCUT2D eigenvalue weighted by Gasteiger charge is -2.33. The SMILES string of the molecule is CCCC[N+]1=C2C=CC=CC2C(=O)N(C2CCCCC2)C1=O. The molecular weight excluding hydrogens is 276 g/mol. The highest BCUT2D eigenvalue weighted by atomic mass is 16.2. The van der Waals surface area contributed by atoms with Crippen LogP contribution in [0.4, 0.5) is 4.79 Å². The Balaban J connectivity index is 1.95. The van der Waals surface area contributed by atoms with Crippen LogP contribution in [0.2, 0.25) is 0 Å². The largest absolute Gasteiger partial charge is 0.501 e. The summed E-state index contributed by atoms with van der Waals surface area (Å²) in [5, 5.41) is 0. The monoisotopic (exact) mass is 301 g/mol. The van der Waals surface area contributed by atoms with Gasteiger partial charge in [-0.1, -0.05) is 38.0 Å². The van der Waals surface area contributed by atoms with Crippen LogP contribution < -0.4 is 0 Å². The Bertz CT molecular complexity index is 553. The molecule has 1 unspecified atom stereocenters. The molecular formula is C18H25N2O2+. The summed E-state index contributed by atoms with van der Waals surface area (Å²) in [7, 11) is 0. The minimum absolute atomic E-state index is 0.0275. The molecule has 0 saturated heterocycles. The minimum Gasteiger partial charge on any atom is -0.245 e. The van der Waals surface area contributed by atoms with Gasteiger partial charge in [0.15, 0.2) is 0 Å². The first kappa shape index (κ1) is 15.2. The second-order valence-corrected chi connectivity index (χ2v) is 6.43. The van der Waals surface area contributed by atoms with E-state index in [2.05, 4.69) is 6.92 Å². The van der Waals surface area contributed by atoms with Crippen molar-refractivity contribution < 1.29 is 14.2 Å². The molecule has 4 nitrogen and oxygen atoms in total. The van der Waals surface area contributed by atoms with E-state index in [4.69, 9.17) is 0 Å². The molecule has 0 spiro atoms. The van der Waals surface area contributed by atoms with Crippen LogP contribution in [-0.2, 0) is 4.79 Å². The predicted octanol–water partition coefficient (Wildman–Crippen LogP) is 3.28. The molecule has 3 rings (SSSR count). The van der Waals surface area contributed by atoms with Gasteiger partial charge in [0, 0.05) is 0 Å². The molecule has 0 aromatic rings. The number of allylic oxidation sites excluding steroid dienone is 3. The summed E-state index contributed by atoms with van der Waals surface area (Å²) in [5.41, 5.74) is 0.859. The van der Waals surface area contributed by atoms with E-state index in [1.165, 1.54) is 6.42 Å². The zero-order valence-corrected chi connectivity index (χ0v) is 13.3. The van der Waals surface area contributed by atoms with Crippen LogP contribution in [0.25, 0.3) is 0 Å².